The fourth-order valence-corrected chi connectivity index (χ4v) is 2.84. The summed E-state index contributed by atoms with van der Waals surface area (Å²) in [4.78, 5) is 12.7. The molecule has 0 bridgehead atoms. The van der Waals surface area contributed by atoms with Gasteiger partial charge in [0.25, 0.3) is 0 Å². The number of aromatic nitrogens is 4. The number of ether oxygens (including phenoxy) is 1. The van der Waals surface area contributed by atoms with Crippen molar-refractivity contribution in [2.45, 2.75) is 38.3 Å². The number of carbonyl (C=O) groups is 1. The monoisotopic (exact) mass is 333 g/mol. The predicted octanol–water partition coefficient (Wildman–Crippen LogP) is 1.20. The van der Waals surface area contributed by atoms with Crippen molar-refractivity contribution in [1.82, 2.24) is 25.5 Å². The summed E-state index contributed by atoms with van der Waals surface area (Å²) in [7, 11) is 0. The molecular weight excluding hydrogens is 313 g/mol. The standard InChI is InChI=1S/C16H20FN5O2/c1-11-19-20-21-22(11)15(9-12-4-2-5-13(17)8-12)16(23)18-10-14-6-3-7-24-14/h2,4-5,8,14-15H,3,6-7,9-10H2,1H3,(H,18,23)/t14-,15-/m1/s1. The highest BCUT2D eigenvalue weighted by Gasteiger charge is 2.25. The molecule has 0 unspecified atom stereocenters. The van der Waals surface area contributed by atoms with Gasteiger partial charge in [-0.15, -0.1) is 5.10 Å². The zero-order chi connectivity index (χ0) is 16.9. The summed E-state index contributed by atoms with van der Waals surface area (Å²) in [6.07, 6.45) is 2.32. The van der Waals surface area contributed by atoms with E-state index < -0.39 is 6.04 Å². The van der Waals surface area contributed by atoms with Crippen LogP contribution in [-0.2, 0) is 16.0 Å². The molecule has 0 radical (unpaired) electrons. The van der Waals surface area contributed by atoms with Gasteiger partial charge < -0.3 is 10.1 Å². The van der Waals surface area contributed by atoms with Crippen molar-refractivity contribution < 1.29 is 13.9 Å². The Labute approximate surface area is 139 Å². The molecule has 1 amide bonds. The molecule has 1 aliphatic heterocycles. The molecule has 2 heterocycles. The Bertz CT molecular complexity index is 699. The average molecular weight is 333 g/mol. The molecule has 2 aromatic rings. The van der Waals surface area contributed by atoms with Crippen LogP contribution < -0.4 is 5.32 Å². The summed E-state index contributed by atoms with van der Waals surface area (Å²) in [5.74, 6) is -0.00622. The molecule has 128 valence electrons. The van der Waals surface area contributed by atoms with E-state index in [0.717, 1.165) is 19.4 Å². The van der Waals surface area contributed by atoms with Gasteiger partial charge in [-0.2, -0.15) is 0 Å². The molecule has 1 saturated heterocycles. The molecule has 7 nitrogen and oxygen atoms in total. The second-order valence-corrected chi connectivity index (χ2v) is 5.90. The van der Waals surface area contributed by atoms with Crippen molar-refractivity contribution >= 4 is 5.91 Å². The molecule has 0 saturated carbocycles. The van der Waals surface area contributed by atoms with E-state index in [4.69, 9.17) is 4.74 Å². The molecule has 1 N–H and O–H groups in total. The SMILES string of the molecule is Cc1nnnn1[C@H](Cc1cccc(F)c1)C(=O)NC[C@H]1CCCO1. The highest BCUT2D eigenvalue weighted by Crippen LogP contribution is 2.17. The van der Waals surface area contributed by atoms with Gasteiger partial charge in [-0.1, -0.05) is 12.1 Å². The van der Waals surface area contributed by atoms with Gasteiger partial charge in [-0.3, -0.25) is 4.79 Å². The lowest BCUT2D eigenvalue weighted by Crippen LogP contribution is -2.38. The zero-order valence-electron chi connectivity index (χ0n) is 13.5. The quantitative estimate of drug-likeness (QED) is 0.859. The lowest BCUT2D eigenvalue weighted by molar-refractivity contribution is -0.125. The van der Waals surface area contributed by atoms with Crippen LogP contribution in [0.5, 0.6) is 0 Å². The van der Waals surface area contributed by atoms with E-state index >= 15 is 0 Å². The van der Waals surface area contributed by atoms with Crippen LogP contribution in [0, 0.1) is 12.7 Å². The predicted molar refractivity (Wildman–Crippen MR) is 83.7 cm³/mol. The molecule has 1 fully saturated rings. The molecule has 1 aliphatic rings. The van der Waals surface area contributed by atoms with Crippen molar-refractivity contribution in [3.8, 4) is 0 Å². The van der Waals surface area contributed by atoms with Crippen molar-refractivity contribution in [2.24, 2.45) is 0 Å². The van der Waals surface area contributed by atoms with Crippen LogP contribution in [0.4, 0.5) is 4.39 Å². The molecule has 2 atom stereocenters. The fraction of sp³-hybridized carbons (Fsp3) is 0.500. The fourth-order valence-electron chi connectivity index (χ4n) is 2.84. The Kier molecular flexibility index (Phi) is 5.14. The Morgan fingerprint density at radius 2 is 2.42 bits per heavy atom. The van der Waals surface area contributed by atoms with Crippen molar-refractivity contribution in [2.75, 3.05) is 13.2 Å². The lowest BCUT2D eigenvalue weighted by atomic mass is 10.0. The largest absolute Gasteiger partial charge is 0.376 e. The molecule has 0 spiro atoms. The number of nitrogens with zero attached hydrogens (tertiary/aromatic N) is 4. The molecular formula is C16H20FN5O2. The van der Waals surface area contributed by atoms with Gasteiger partial charge in [0.15, 0.2) is 0 Å². The van der Waals surface area contributed by atoms with Gasteiger partial charge in [-0.05, 0) is 47.9 Å². The summed E-state index contributed by atoms with van der Waals surface area (Å²) in [6, 6.07) is 5.56. The van der Waals surface area contributed by atoms with Crippen LogP contribution in [0.3, 0.4) is 0 Å². The van der Waals surface area contributed by atoms with Crippen molar-refractivity contribution in [1.29, 1.82) is 0 Å². The first-order valence-corrected chi connectivity index (χ1v) is 8.01. The normalized spacial score (nSPS) is 18.5. The number of halogens is 1. The number of hydrogen-bond donors (Lipinski definition) is 1. The highest BCUT2D eigenvalue weighted by molar-refractivity contribution is 5.80. The van der Waals surface area contributed by atoms with E-state index in [9.17, 15) is 9.18 Å². The molecule has 3 rings (SSSR count). The topological polar surface area (TPSA) is 81.9 Å². The minimum absolute atomic E-state index is 0.0544. The maximum Gasteiger partial charge on any atom is 0.245 e. The Balaban J connectivity index is 1.74. The Hall–Kier alpha value is -2.35. The summed E-state index contributed by atoms with van der Waals surface area (Å²) >= 11 is 0. The average Bonchev–Trinajstić information content (AvgIpc) is 3.22. The molecule has 0 aliphatic carbocycles. The third-order valence-electron chi connectivity index (χ3n) is 4.10. The van der Waals surface area contributed by atoms with Gasteiger partial charge in [0, 0.05) is 19.6 Å². The molecule has 1 aromatic carbocycles. The van der Waals surface area contributed by atoms with Crippen molar-refractivity contribution in [3.63, 3.8) is 0 Å². The van der Waals surface area contributed by atoms with Crippen LogP contribution in [0.15, 0.2) is 24.3 Å². The van der Waals surface area contributed by atoms with Crippen LogP contribution in [0.25, 0.3) is 0 Å². The van der Waals surface area contributed by atoms with Gasteiger partial charge >= 0.3 is 0 Å². The first-order chi connectivity index (χ1) is 11.6. The third-order valence-corrected chi connectivity index (χ3v) is 4.10. The van der Waals surface area contributed by atoms with E-state index in [1.54, 1.807) is 19.1 Å². The number of rotatable bonds is 6. The van der Waals surface area contributed by atoms with Gasteiger partial charge in [0.2, 0.25) is 5.91 Å². The first kappa shape index (κ1) is 16.5. The summed E-state index contributed by atoms with van der Waals surface area (Å²) in [5.41, 5.74) is 0.710. The third kappa shape index (κ3) is 3.94. The summed E-state index contributed by atoms with van der Waals surface area (Å²) < 4.78 is 20.4. The van der Waals surface area contributed by atoms with Crippen LogP contribution in [0.1, 0.15) is 30.3 Å². The van der Waals surface area contributed by atoms with E-state index in [0.29, 0.717) is 24.4 Å². The van der Waals surface area contributed by atoms with Gasteiger partial charge in [0.1, 0.15) is 17.7 Å². The molecule has 1 aromatic heterocycles. The van der Waals surface area contributed by atoms with Gasteiger partial charge in [0.05, 0.1) is 6.10 Å². The Morgan fingerprint density at radius 1 is 1.54 bits per heavy atom. The van der Waals surface area contributed by atoms with E-state index in [1.165, 1.54) is 16.8 Å². The smallest absolute Gasteiger partial charge is 0.245 e. The van der Waals surface area contributed by atoms with Crippen LogP contribution >= 0.6 is 0 Å². The lowest BCUT2D eigenvalue weighted by Gasteiger charge is -2.19. The maximum absolute atomic E-state index is 13.4. The number of amides is 1. The maximum atomic E-state index is 13.4. The highest BCUT2D eigenvalue weighted by atomic mass is 19.1. The number of aryl methyl sites for hydroxylation is 1. The summed E-state index contributed by atoms with van der Waals surface area (Å²) in [6.45, 7) is 2.92. The zero-order valence-corrected chi connectivity index (χ0v) is 13.5. The number of nitrogens with one attached hydrogen (secondary N) is 1. The van der Waals surface area contributed by atoms with E-state index in [1.807, 2.05) is 0 Å². The van der Waals surface area contributed by atoms with Crippen LogP contribution in [0.2, 0.25) is 0 Å². The molecule has 24 heavy (non-hydrogen) atoms. The minimum Gasteiger partial charge on any atom is -0.376 e. The second-order valence-electron chi connectivity index (χ2n) is 5.90. The van der Waals surface area contributed by atoms with E-state index in [-0.39, 0.29) is 17.8 Å². The number of hydrogen-bond acceptors (Lipinski definition) is 5. The minimum atomic E-state index is -0.636. The number of tetrazole rings is 1. The first-order valence-electron chi connectivity index (χ1n) is 8.01. The van der Waals surface area contributed by atoms with Crippen molar-refractivity contribution in [3.05, 3.63) is 41.5 Å². The number of benzene rings is 1. The second kappa shape index (κ2) is 7.48. The van der Waals surface area contributed by atoms with Crippen LogP contribution in [-0.4, -0.2) is 45.4 Å². The molecule has 8 heteroatoms. The number of carbonyl (C=O) groups excluding carboxylic acids is 1. The van der Waals surface area contributed by atoms with E-state index in [2.05, 4.69) is 20.8 Å². The van der Waals surface area contributed by atoms with Gasteiger partial charge in [-0.25, -0.2) is 9.07 Å². The Morgan fingerprint density at radius 3 is 3.08 bits per heavy atom. The summed E-state index contributed by atoms with van der Waals surface area (Å²) in [5, 5.41) is 14.3.